The summed E-state index contributed by atoms with van der Waals surface area (Å²) in [5.41, 5.74) is 6.89. The molecule has 0 spiro atoms. The summed E-state index contributed by atoms with van der Waals surface area (Å²) in [4.78, 5) is 0. The zero-order chi connectivity index (χ0) is 10.8. The van der Waals surface area contributed by atoms with Gasteiger partial charge in [-0.15, -0.1) is 10.2 Å². The summed E-state index contributed by atoms with van der Waals surface area (Å²) in [6.45, 7) is 0. The molecule has 0 aliphatic rings. The topological polar surface area (TPSA) is 72.0 Å². The number of halogens is 1. The van der Waals surface area contributed by atoms with Gasteiger partial charge in [0.25, 0.3) is 0 Å². The van der Waals surface area contributed by atoms with Crippen molar-refractivity contribution in [2.45, 2.75) is 0 Å². The fraction of sp³-hybridized carbons (Fsp3) is 0. The normalized spacial score (nSPS) is 10.2. The molecule has 1 aromatic carbocycles. The van der Waals surface area contributed by atoms with Crippen molar-refractivity contribution >= 4 is 17.4 Å². The van der Waals surface area contributed by atoms with E-state index < -0.39 is 0 Å². The lowest BCUT2D eigenvalue weighted by molar-refractivity contribution is 0.475. The van der Waals surface area contributed by atoms with Gasteiger partial charge in [-0.25, -0.2) is 0 Å². The average Bonchev–Trinajstić information content (AvgIpc) is 2.23. The Balaban J connectivity index is 2.45. The smallest absolute Gasteiger partial charge is 0.164 e. The third-order valence-electron chi connectivity index (χ3n) is 1.94. The molecule has 0 bridgehead atoms. The molecule has 0 amide bonds. The van der Waals surface area contributed by atoms with Gasteiger partial charge in [0.2, 0.25) is 0 Å². The monoisotopic (exact) mass is 221 g/mol. The SMILES string of the molecule is Nc1nnc(-c2ccc(O)cc2)cc1Cl. The average molecular weight is 222 g/mol. The summed E-state index contributed by atoms with van der Waals surface area (Å²) in [5.74, 6) is 0.410. The highest BCUT2D eigenvalue weighted by molar-refractivity contribution is 6.32. The van der Waals surface area contributed by atoms with Crippen LogP contribution in [-0.2, 0) is 0 Å². The summed E-state index contributed by atoms with van der Waals surface area (Å²) in [5, 5.41) is 17.1. The zero-order valence-corrected chi connectivity index (χ0v) is 8.44. The molecule has 0 aliphatic carbocycles. The first-order valence-corrected chi connectivity index (χ1v) is 4.63. The summed E-state index contributed by atoms with van der Waals surface area (Å²) >= 11 is 5.82. The molecule has 0 saturated carbocycles. The molecule has 76 valence electrons. The van der Waals surface area contributed by atoms with Gasteiger partial charge >= 0.3 is 0 Å². The van der Waals surface area contributed by atoms with Gasteiger partial charge in [0.1, 0.15) is 5.75 Å². The highest BCUT2D eigenvalue weighted by atomic mass is 35.5. The fourth-order valence-corrected chi connectivity index (χ4v) is 1.29. The van der Waals surface area contributed by atoms with Crippen LogP contribution in [-0.4, -0.2) is 15.3 Å². The number of anilines is 1. The molecule has 5 heteroatoms. The van der Waals surface area contributed by atoms with Gasteiger partial charge in [0.15, 0.2) is 5.82 Å². The quantitative estimate of drug-likeness (QED) is 0.774. The van der Waals surface area contributed by atoms with Crippen molar-refractivity contribution in [3.05, 3.63) is 35.4 Å². The number of nitrogens with zero attached hydrogens (tertiary/aromatic N) is 2. The number of rotatable bonds is 1. The van der Waals surface area contributed by atoms with Crippen molar-refractivity contribution in [1.29, 1.82) is 0 Å². The van der Waals surface area contributed by atoms with Crippen molar-refractivity contribution < 1.29 is 5.11 Å². The van der Waals surface area contributed by atoms with E-state index in [1.54, 1.807) is 30.3 Å². The molecule has 0 radical (unpaired) electrons. The number of phenols is 1. The first-order chi connectivity index (χ1) is 7.16. The predicted octanol–water partition coefficient (Wildman–Crippen LogP) is 2.08. The molecular formula is C10H8ClN3O. The third-order valence-corrected chi connectivity index (χ3v) is 2.24. The van der Waals surface area contributed by atoms with Gasteiger partial charge in [-0.1, -0.05) is 11.6 Å². The molecule has 15 heavy (non-hydrogen) atoms. The van der Waals surface area contributed by atoms with Gasteiger partial charge in [-0.3, -0.25) is 0 Å². The Kier molecular flexibility index (Phi) is 2.43. The van der Waals surface area contributed by atoms with E-state index in [2.05, 4.69) is 10.2 Å². The maximum absolute atomic E-state index is 9.12. The van der Waals surface area contributed by atoms with Gasteiger partial charge in [-0.2, -0.15) is 0 Å². The van der Waals surface area contributed by atoms with Crippen LogP contribution in [0.3, 0.4) is 0 Å². The van der Waals surface area contributed by atoms with Crippen LogP contribution in [0.2, 0.25) is 5.02 Å². The van der Waals surface area contributed by atoms with Crippen molar-refractivity contribution in [2.75, 3.05) is 5.73 Å². The maximum Gasteiger partial charge on any atom is 0.164 e. The van der Waals surface area contributed by atoms with Crippen molar-refractivity contribution in [2.24, 2.45) is 0 Å². The number of nitrogens with two attached hydrogens (primary N) is 1. The number of aromatic nitrogens is 2. The van der Waals surface area contributed by atoms with E-state index in [0.29, 0.717) is 10.7 Å². The van der Waals surface area contributed by atoms with E-state index in [4.69, 9.17) is 22.4 Å². The van der Waals surface area contributed by atoms with E-state index in [1.165, 1.54) is 0 Å². The molecule has 4 nitrogen and oxygen atoms in total. The number of aromatic hydroxyl groups is 1. The Morgan fingerprint density at radius 3 is 2.40 bits per heavy atom. The lowest BCUT2D eigenvalue weighted by atomic mass is 10.1. The minimum atomic E-state index is 0.202. The van der Waals surface area contributed by atoms with Gasteiger partial charge in [0, 0.05) is 5.56 Å². The van der Waals surface area contributed by atoms with Gasteiger partial charge < -0.3 is 10.8 Å². The zero-order valence-electron chi connectivity index (χ0n) is 7.68. The molecule has 0 unspecified atom stereocenters. The Hall–Kier alpha value is -1.81. The molecule has 2 aromatic rings. The number of benzene rings is 1. The molecule has 0 fully saturated rings. The van der Waals surface area contributed by atoms with Crippen LogP contribution >= 0.6 is 11.6 Å². The number of hydrogen-bond donors (Lipinski definition) is 2. The fourth-order valence-electron chi connectivity index (χ4n) is 1.15. The Bertz CT molecular complexity index is 485. The van der Waals surface area contributed by atoms with E-state index in [9.17, 15) is 0 Å². The van der Waals surface area contributed by atoms with E-state index >= 15 is 0 Å². The van der Waals surface area contributed by atoms with Gasteiger partial charge in [-0.05, 0) is 30.3 Å². The second-order valence-electron chi connectivity index (χ2n) is 3.01. The second-order valence-corrected chi connectivity index (χ2v) is 3.42. The lowest BCUT2D eigenvalue weighted by Gasteiger charge is -2.01. The summed E-state index contributed by atoms with van der Waals surface area (Å²) in [6.07, 6.45) is 0. The number of hydrogen-bond acceptors (Lipinski definition) is 4. The lowest BCUT2D eigenvalue weighted by Crippen LogP contribution is -1.95. The van der Waals surface area contributed by atoms with Gasteiger partial charge in [0.05, 0.1) is 10.7 Å². The number of phenolic OH excluding ortho intramolecular Hbond substituents is 1. The first-order valence-electron chi connectivity index (χ1n) is 4.25. The minimum Gasteiger partial charge on any atom is -0.508 e. The Labute approximate surface area is 91.3 Å². The molecule has 0 aliphatic heterocycles. The molecule has 1 heterocycles. The highest BCUT2D eigenvalue weighted by Gasteiger charge is 2.04. The molecule has 0 atom stereocenters. The third kappa shape index (κ3) is 1.99. The van der Waals surface area contributed by atoms with E-state index in [0.717, 1.165) is 5.56 Å². The predicted molar refractivity (Wildman–Crippen MR) is 58.6 cm³/mol. The van der Waals surface area contributed by atoms with Crippen molar-refractivity contribution in [3.63, 3.8) is 0 Å². The highest BCUT2D eigenvalue weighted by Crippen LogP contribution is 2.23. The van der Waals surface area contributed by atoms with Crippen molar-refractivity contribution in [1.82, 2.24) is 10.2 Å². The van der Waals surface area contributed by atoms with Crippen molar-refractivity contribution in [3.8, 4) is 17.0 Å². The van der Waals surface area contributed by atoms with Crippen LogP contribution in [0, 0.1) is 0 Å². The molecule has 3 N–H and O–H groups in total. The first kappa shape index (κ1) is 9.73. The summed E-state index contributed by atoms with van der Waals surface area (Å²) < 4.78 is 0. The van der Waals surface area contributed by atoms with Crippen LogP contribution in [0.15, 0.2) is 30.3 Å². The Morgan fingerprint density at radius 1 is 1.13 bits per heavy atom. The van der Waals surface area contributed by atoms with Crippen LogP contribution in [0.4, 0.5) is 5.82 Å². The Morgan fingerprint density at radius 2 is 1.80 bits per heavy atom. The van der Waals surface area contributed by atoms with Crippen LogP contribution in [0.25, 0.3) is 11.3 Å². The summed E-state index contributed by atoms with van der Waals surface area (Å²) in [6, 6.07) is 8.23. The standard InChI is InChI=1S/C10H8ClN3O/c11-8-5-9(13-14-10(8)12)6-1-3-7(15)4-2-6/h1-5,15H,(H2,12,14). The van der Waals surface area contributed by atoms with E-state index in [-0.39, 0.29) is 11.6 Å². The van der Waals surface area contributed by atoms with Crippen LogP contribution in [0.1, 0.15) is 0 Å². The van der Waals surface area contributed by atoms with E-state index in [1.807, 2.05) is 0 Å². The molecule has 1 aromatic heterocycles. The maximum atomic E-state index is 9.12. The second kappa shape index (κ2) is 3.74. The summed E-state index contributed by atoms with van der Waals surface area (Å²) in [7, 11) is 0. The molecule has 2 rings (SSSR count). The van der Waals surface area contributed by atoms with Crippen LogP contribution < -0.4 is 5.73 Å². The largest absolute Gasteiger partial charge is 0.508 e. The minimum absolute atomic E-state index is 0.202. The number of nitrogen functional groups attached to an aromatic ring is 1. The molecule has 0 saturated heterocycles. The van der Waals surface area contributed by atoms with Crippen LogP contribution in [0.5, 0.6) is 5.75 Å². The molecular weight excluding hydrogens is 214 g/mol.